The molecule has 0 aromatic carbocycles. The van der Waals surface area contributed by atoms with Crippen LogP contribution in [-0.2, 0) is 18.3 Å². The number of carbonyl (C=O) groups excluding carboxylic acids is 2. The minimum atomic E-state index is -3.98. The van der Waals surface area contributed by atoms with E-state index < -0.39 is 19.1 Å². The summed E-state index contributed by atoms with van der Waals surface area (Å²) in [5, 5.41) is 0. The van der Waals surface area contributed by atoms with Gasteiger partial charge in [-0.05, 0) is 19.9 Å². The third-order valence-corrected chi connectivity index (χ3v) is 4.05. The summed E-state index contributed by atoms with van der Waals surface area (Å²) in [5.74, 6) is -1.17. The summed E-state index contributed by atoms with van der Waals surface area (Å²) in [6.07, 6.45) is 1.13. The van der Waals surface area contributed by atoms with E-state index in [1.165, 1.54) is 6.07 Å². The highest BCUT2D eigenvalue weighted by atomic mass is 31.2. The molecule has 1 aromatic rings. The Morgan fingerprint density at radius 2 is 1.84 bits per heavy atom. The summed E-state index contributed by atoms with van der Waals surface area (Å²) in [5.41, 5.74) is -1.11. The van der Waals surface area contributed by atoms with Gasteiger partial charge < -0.3 is 18.2 Å². The van der Waals surface area contributed by atoms with Gasteiger partial charge in [0.15, 0.2) is 0 Å². The van der Waals surface area contributed by atoms with Gasteiger partial charge in [0.2, 0.25) is 5.76 Å². The highest BCUT2D eigenvalue weighted by molar-refractivity contribution is 7.72. The van der Waals surface area contributed by atoms with E-state index in [4.69, 9.17) is 13.5 Å². The summed E-state index contributed by atoms with van der Waals surface area (Å²) in [4.78, 5) is 23.6. The van der Waals surface area contributed by atoms with Crippen LogP contribution in [0.4, 0.5) is 0 Å². The van der Waals surface area contributed by atoms with Crippen molar-refractivity contribution in [3.63, 3.8) is 0 Å². The van der Waals surface area contributed by atoms with Crippen LogP contribution in [0, 0.1) is 0 Å². The number of esters is 1. The number of furan rings is 1. The maximum absolute atomic E-state index is 12.3. The van der Waals surface area contributed by atoms with E-state index in [0.717, 1.165) is 13.4 Å². The van der Waals surface area contributed by atoms with Gasteiger partial charge in [0.25, 0.3) is 5.52 Å². The normalized spacial score (nSPS) is 11.3. The Morgan fingerprint density at radius 3 is 2.32 bits per heavy atom. The predicted octanol–water partition coefficient (Wildman–Crippen LogP) is 2.47. The van der Waals surface area contributed by atoms with Crippen LogP contribution < -0.4 is 0 Å². The molecule has 1 heterocycles. The number of rotatable bonds is 7. The van der Waals surface area contributed by atoms with Crippen LogP contribution in [0.2, 0.25) is 0 Å². The maximum Gasteiger partial charge on any atom is 0.401 e. The van der Waals surface area contributed by atoms with E-state index in [1.54, 1.807) is 13.8 Å². The van der Waals surface area contributed by atoms with Crippen molar-refractivity contribution in [3.05, 3.63) is 23.7 Å². The van der Waals surface area contributed by atoms with Crippen LogP contribution in [0.1, 0.15) is 34.8 Å². The monoisotopic (exact) mass is 290 g/mol. The van der Waals surface area contributed by atoms with Crippen LogP contribution in [0.25, 0.3) is 0 Å². The van der Waals surface area contributed by atoms with Gasteiger partial charge in [-0.25, -0.2) is 4.79 Å². The summed E-state index contributed by atoms with van der Waals surface area (Å²) in [7, 11) is -2.84. The average molecular weight is 290 g/mol. The second kappa shape index (κ2) is 6.65. The third-order valence-electron chi connectivity index (χ3n) is 2.11. The first kappa shape index (κ1) is 15.6. The molecule has 0 N–H and O–H groups in total. The number of hydrogen-bond donors (Lipinski definition) is 0. The van der Waals surface area contributed by atoms with E-state index in [2.05, 4.69) is 4.74 Å². The summed E-state index contributed by atoms with van der Waals surface area (Å²) in [6, 6.07) is 1.22. The molecule has 1 rings (SSSR count). The van der Waals surface area contributed by atoms with Gasteiger partial charge in [0, 0.05) is 0 Å². The molecule has 0 unspecified atom stereocenters. The number of hydrogen-bond acceptors (Lipinski definition) is 7. The Balaban J connectivity index is 3.14. The molecule has 1 aromatic heterocycles. The first-order valence-electron chi connectivity index (χ1n) is 5.60. The number of carbonyl (C=O) groups is 2. The molecule has 0 fully saturated rings. The Labute approximate surface area is 110 Å². The van der Waals surface area contributed by atoms with Crippen molar-refractivity contribution >= 4 is 19.1 Å². The predicted molar refractivity (Wildman–Crippen MR) is 65.2 cm³/mol. The zero-order valence-corrected chi connectivity index (χ0v) is 11.8. The van der Waals surface area contributed by atoms with Crippen molar-refractivity contribution in [2.24, 2.45) is 0 Å². The average Bonchev–Trinajstić information content (AvgIpc) is 2.86. The van der Waals surface area contributed by atoms with E-state index in [0.29, 0.717) is 0 Å². The lowest BCUT2D eigenvalue weighted by Gasteiger charge is -2.14. The molecule has 7 nitrogen and oxygen atoms in total. The minimum Gasteiger partial charge on any atom is -0.463 e. The molecule has 0 bridgehead atoms. The zero-order chi connectivity index (χ0) is 14.5. The van der Waals surface area contributed by atoms with E-state index in [-0.39, 0.29) is 24.5 Å². The van der Waals surface area contributed by atoms with Crippen LogP contribution in [0.15, 0.2) is 16.7 Å². The first-order valence-corrected chi connectivity index (χ1v) is 7.14. The molecule has 0 atom stereocenters. The molecule has 0 aliphatic heterocycles. The molecule has 0 saturated carbocycles. The topological polar surface area (TPSA) is 92.0 Å². The lowest BCUT2D eigenvalue weighted by molar-refractivity contribution is 0.0561. The van der Waals surface area contributed by atoms with E-state index in [9.17, 15) is 14.2 Å². The van der Waals surface area contributed by atoms with Gasteiger partial charge in [0.1, 0.15) is 0 Å². The van der Waals surface area contributed by atoms with Crippen molar-refractivity contribution in [2.45, 2.75) is 13.8 Å². The fraction of sp³-hybridized carbons (Fsp3) is 0.455. The van der Waals surface area contributed by atoms with Crippen molar-refractivity contribution in [2.75, 3.05) is 20.3 Å². The largest absolute Gasteiger partial charge is 0.463 e. The molecule has 106 valence electrons. The highest BCUT2D eigenvalue weighted by Crippen LogP contribution is 2.51. The lowest BCUT2D eigenvalue weighted by Crippen LogP contribution is -2.11. The van der Waals surface area contributed by atoms with Gasteiger partial charge in [-0.15, -0.1) is 0 Å². The fourth-order valence-corrected chi connectivity index (χ4v) is 2.83. The van der Waals surface area contributed by atoms with Crippen molar-refractivity contribution in [3.8, 4) is 0 Å². The Kier molecular flexibility index (Phi) is 5.47. The molecule has 19 heavy (non-hydrogen) atoms. The van der Waals surface area contributed by atoms with Crippen molar-refractivity contribution < 1.29 is 32.4 Å². The second-order valence-electron chi connectivity index (χ2n) is 3.29. The van der Waals surface area contributed by atoms with Crippen LogP contribution >= 0.6 is 7.60 Å². The second-order valence-corrected chi connectivity index (χ2v) is 5.21. The molecule has 0 saturated heterocycles. The molecule has 0 aliphatic carbocycles. The standard InChI is InChI=1S/C11H15O7P/c1-4-17-19(14,18-5-2)11(13)8-6-7-16-9(8)10(12)15-3/h6-7H,4-5H2,1-3H3. The number of ether oxygens (including phenoxy) is 1. The first-order chi connectivity index (χ1) is 9.00. The fourth-order valence-electron chi connectivity index (χ4n) is 1.37. The Bertz CT molecular complexity index is 495. The van der Waals surface area contributed by atoms with Crippen molar-refractivity contribution in [1.29, 1.82) is 0 Å². The zero-order valence-electron chi connectivity index (χ0n) is 10.9. The van der Waals surface area contributed by atoms with E-state index >= 15 is 0 Å². The minimum absolute atomic E-state index is 0.0361. The highest BCUT2D eigenvalue weighted by Gasteiger charge is 2.38. The Morgan fingerprint density at radius 1 is 1.26 bits per heavy atom. The molecule has 0 radical (unpaired) electrons. The van der Waals surface area contributed by atoms with Crippen LogP contribution in [0.3, 0.4) is 0 Å². The van der Waals surface area contributed by atoms with Gasteiger partial charge in [-0.1, -0.05) is 0 Å². The molecule has 0 spiro atoms. The van der Waals surface area contributed by atoms with Gasteiger partial charge >= 0.3 is 13.6 Å². The third kappa shape index (κ3) is 3.32. The van der Waals surface area contributed by atoms with Gasteiger partial charge in [-0.3, -0.25) is 9.36 Å². The van der Waals surface area contributed by atoms with Crippen LogP contribution in [-0.4, -0.2) is 31.8 Å². The summed E-state index contributed by atoms with van der Waals surface area (Å²) >= 11 is 0. The molecule has 8 heteroatoms. The Hall–Kier alpha value is -1.43. The lowest BCUT2D eigenvalue weighted by atomic mass is 10.3. The van der Waals surface area contributed by atoms with Crippen molar-refractivity contribution in [1.82, 2.24) is 0 Å². The quantitative estimate of drug-likeness (QED) is 0.562. The summed E-state index contributed by atoms with van der Waals surface area (Å²) < 4.78 is 31.4. The molecule has 0 aliphatic rings. The molecule has 0 amide bonds. The summed E-state index contributed by atoms with van der Waals surface area (Å²) in [6.45, 7) is 3.23. The number of methoxy groups -OCH3 is 1. The molecular weight excluding hydrogens is 275 g/mol. The SMILES string of the molecule is CCOP(=O)(OCC)C(=O)c1ccoc1C(=O)OC. The maximum atomic E-state index is 12.3. The van der Waals surface area contributed by atoms with Gasteiger partial charge in [-0.2, -0.15) is 0 Å². The van der Waals surface area contributed by atoms with Crippen LogP contribution in [0.5, 0.6) is 0 Å². The smallest absolute Gasteiger partial charge is 0.401 e. The van der Waals surface area contributed by atoms with E-state index in [1.807, 2.05) is 0 Å². The van der Waals surface area contributed by atoms with Gasteiger partial charge in [0.05, 0.1) is 32.2 Å². The molecular formula is C11H15O7P.